The highest BCUT2D eigenvalue weighted by atomic mass is 32.2. The number of aryl methyl sites for hydroxylation is 1. The maximum Gasteiger partial charge on any atom is 0.410 e. The number of nitrogens with zero attached hydrogens (tertiary/aromatic N) is 2. The zero-order chi connectivity index (χ0) is 29.8. The van der Waals surface area contributed by atoms with Crippen LogP contribution in [0.25, 0.3) is 0 Å². The van der Waals surface area contributed by atoms with Gasteiger partial charge in [-0.05, 0) is 89.6 Å². The van der Waals surface area contributed by atoms with Crippen LogP contribution in [0.15, 0.2) is 53.4 Å². The quantitative estimate of drug-likeness (QED) is 0.488. The van der Waals surface area contributed by atoms with Crippen molar-refractivity contribution in [2.45, 2.75) is 82.9 Å². The molecule has 2 fully saturated rings. The molecule has 2 amide bonds. The Labute approximate surface area is 244 Å². The molecule has 1 aliphatic heterocycles. The number of hydrogen-bond acceptors (Lipinski definition) is 6. The van der Waals surface area contributed by atoms with E-state index >= 15 is 0 Å². The molecule has 0 spiro atoms. The van der Waals surface area contributed by atoms with Crippen LogP contribution < -0.4 is 9.46 Å². The molecule has 1 saturated heterocycles. The standard InChI is InChI=1S/C31H43N3O6S/c1-6-39-28-17-16-26(20-22(28)2)41(37,38)32-25-14-12-24(13-15-25)29(35)34-19-18-33(30(36)40-31(3,4)5)21-27(34)23-10-8-7-9-11-23/h7-11,16-17,20,24-25,27,32H,6,12-15,18-19,21H2,1-5H3/t24?,25?,27-/m1/s1. The molecule has 1 N–H and O–H groups in total. The molecular formula is C31H43N3O6S. The first-order valence-electron chi connectivity index (χ1n) is 14.5. The van der Waals surface area contributed by atoms with E-state index in [0.29, 0.717) is 57.7 Å². The molecule has 2 aromatic carbocycles. The Morgan fingerprint density at radius 3 is 2.29 bits per heavy atom. The van der Waals surface area contributed by atoms with Gasteiger partial charge in [-0.3, -0.25) is 4.79 Å². The third-order valence-corrected chi connectivity index (χ3v) is 9.17. The molecule has 0 radical (unpaired) electrons. The summed E-state index contributed by atoms with van der Waals surface area (Å²) in [6.45, 7) is 10.9. The number of ether oxygens (including phenoxy) is 2. The van der Waals surface area contributed by atoms with E-state index in [1.54, 1.807) is 23.1 Å². The summed E-state index contributed by atoms with van der Waals surface area (Å²) < 4.78 is 40.2. The van der Waals surface area contributed by atoms with E-state index < -0.39 is 15.6 Å². The van der Waals surface area contributed by atoms with E-state index in [-0.39, 0.29) is 34.9 Å². The lowest BCUT2D eigenvalue weighted by atomic mass is 9.85. The first-order valence-corrected chi connectivity index (χ1v) is 16.0. The Balaban J connectivity index is 1.40. The van der Waals surface area contributed by atoms with Gasteiger partial charge in [-0.2, -0.15) is 0 Å². The molecule has 9 nitrogen and oxygen atoms in total. The molecule has 2 aromatic rings. The molecule has 224 valence electrons. The zero-order valence-corrected chi connectivity index (χ0v) is 25.6. The third-order valence-electron chi connectivity index (χ3n) is 7.65. The van der Waals surface area contributed by atoms with Gasteiger partial charge in [0, 0.05) is 31.6 Å². The summed E-state index contributed by atoms with van der Waals surface area (Å²) >= 11 is 0. The summed E-state index contributed by atoms with van der Waals surface area (Å²) in [6.07, 6.45) is 1.99. The fraction of sp³-hybridized carbons (Fsp3) is 0.548. The average molecular weight is 586 g/mol. The van der Waals surface area contributed by atoms with Crippen LogP contribution in [-0.4, -0.2) is 68.1 Å². The Morgan fingerprint density at radius 1 is 1.00 bits per heavy atom. The van der Waals surface area contributed by atoms with E-state index in [1.807, 2.05) is 69.9 Å². The molecule has 4 rings (SSSR count). The molecule has 1 atom stereocenters. The highest BCUT2D eigenvalue weighted by Gasteiger charge is 2.39. The van der Waals surface area contributed by atoms with Gasteiger partial charge in [0.15, 0.2) is 0 Å². The number of rotatable bonds is 7. The van der Waals surface area contributed by atoms with Crippen molar-refractivity contribution in [2.75, 3.05) is 26.2 Å². The first-order chi connectivity index (χ1) is 19.4. The third kappa shape index (κ3) is 7.80. The first kappa shape index (κ1) is 30.8. The van der Waals surface area contributed by atoms with E-state index in [2.05, 4.69) is 4.72 Å². The van der Waals surface area contributed by atoms with Crippen molar-refractivity contribution in [2.24, 2.45) is 5.92 Å². The van der Waals surface area contributed by atoms with Gasteiger partial charge < -0.3 is 19.3 Å². The summed E-state index contributed by atoms with van der Waals surface area (Å²) in [4.78, 5) is 30.4. The summed E-state index contributed by atoms with van der Waals surface area (Å²) in [5, 5.41) is 0. The number of sulfonamides is 1. The van der Waals surface area contributed by atoms with E-state index in [0.717, 1.165) is 11.1 Å². The van der Waals surface area contributed by atoms with Crippen molar-refractivity contribution in [3.63, 3.8) is 0 Å². The lowest BCUT2D eigenvalue weighted by Crippen LogP contribution is -2.54. The summed E-state index contributed by atoms with van der Waals surface area (Å²) in [5.74, 6) is 0.542. The summed E-state index contributed by atoms with van der Waals surface area (Å²) in [6, 6.07) is 14.2. The molecule has 1 aliphatic carbocycles. The highest BCUT2D eigenvalue weighted by molar-refractivity contribution is 7.89. The lowest BCUT2D eigenvalue weighted by Gasteiger charge is -2.43. The zero-order valence-electron chi connectivity index (χ0n) is 24.8. The number of piperazine rings is 1. The fourth-order valence-electron chi connectivity index (χ4n) is 5.59. The number of benzene rings is 2. The van der Waals surface area contributed by atoms with Crippen LogP contribution in [0.4, 0.5) is 4.79 Å². The number of hydrogen-bond donors (Lipinski definition) is 1. The minimum atomic E-state index is -3.69. The van der Waals surface area contributed by atoms with Crippen LogP contribution in [0, 0.1) is 12.8 Å². The van der Waals surface area contributed by atoms with Gasteiger partial charge in [0.2, 0.25) is 15.9 Å². The number of carbonyl (C=O) groups excluding carboxylic acids is 2. The van der Waals surface area contributed by atoms with Crippen molar-refractivity contribution >= 4 is 22.0 Å². The number of carbonyl (C=O) groups is 2. The van der Waals surface area contributed by atoms with Crippen LogP contribution in [-0.2, 0) is 19.6 Å². The largest absolute Gasteiger partial charge is 0.494 e. The van der Waals surface area contributed by atoms with Gasteiger partial charge in [0.1, 0.15) is 11.4 Å². The van der Waals surface area contributed by atoms with Gasteiger partial charge in [0.25, 0.3) is 0 Å². The Bertz CT molecular complexity index is 1320. The summed E-state index contributed by atoms with van der Waals surface area (Å²) in [7, 11) is -3.69. The van der Waals surface area contributed by atoms with Gasteiger partial charge in [0.05, 0.1) is 17.5 Å². The van der Waals surface area contributed by atoms with Crippen molar-refractivity contribution in [1.29, 1.82) is 0 Å². The highest BCUT2D eigenvalue weighted by Crippen LogP contribution is 2.33. The predicted octanol–water partition coefficient (Wildman–Crippen LogP) is 5.05. The minimum Gasteiger partial charge on any atom is -0.494 e. The van der Waals surface area contributed by atoms with Crippen LogP contribution in [0.2, 0.25) is 0 Å². The Morgan fingerprint density at radius 2 is 1.68 bits per heavy atom. The van der Waals surface area contributed by atoms with Gasteiger partial charge >= 0.3 is 6.09 Å². The Kier molecular flexibility index (Phi) is 9.64. The topological polar surface area (TPSA) is 105 Å². The van der Waals surface area contributed by atoms with Crippen LogP contribution in [0.3, 0.4) is 0 Å². The minimum absolute atomic E-state index is 0.0612. The van der Waals surface area contributed by atoms with E-state index in [1.165, 1.54) is 0 Å². The second kappa shape index (κ2) is 12.8. The molecule has 0 unspecified atom stereocenters. The molecule has 1 saturated carbocycles. The second-order valence-corrected chi connectivity index (χ2v) is 13.6. The summed E-state index contributed by atoms with van der Waals surface area (Å²) in [5.41, 5.74) is 1.14. The molecular weight excluding hydrogens is 542 g/mol. The van der Waals surface area contributed by atoms with E-state index in [4.69, 9.17) is 9.47 Å². The van der Waals surface area contributed by atoms with Gasteiger partial charge in [-0.15, -0.1) is 0 Å². The van der Waals surface area contributed by atoms with E-state index in [9.17, 15) is 18.0 Å². The smallest absolute Gasteiger partial charge is 0.410 e. The monoisotopic (exact) mass is 585 g/mol. The van der Waals surface area contributed by atoms with Crippen LogP contribution >= 0.6 is 0 Å². The molecule has 10 heteroatoms. The van der Waals surface area contributed by atoms with Gasteiger partial charge in [-0.1, -0.05) is 30.3 Å². The van der Waals surface area contributed by atoms with Crippen molar-refractivity contribution in [1.82, 2.24) is 14.5 Å². The maximum absolute atomic E-state index is 13.8. The molecule has 41 heavy (non-hydrogen) atoms. The SMILES string of the molecule is CCOc1ccc(S(=O)(=O)NC2CCC(C(=O)N3CCN(C(=O)OC(C)(C)C)C[C@@H]3c3ccccc3)CC2)cc1C. The van der Waals surface area contributed by atoms with Crippen LogP contribution in [0.1, 0.15) is 70.5 Å². The molecule has 0 aromatic heterocycles. The second-order valence-electron chi connectivity index (χ2n) is 11.9. The molecule has 0 bridgehead atoms. The average Bonchev–Trinajstić information content (AvgIpc) is 2.93. The molecule has 1 heterocycles. The van der Waals surface area contributed by atoms with Gasteiger partial charge in [-0.25, -0.2) is 17.9 Å². The normalized spacial score (nSPS) is 21.8. The van der Waals surface area contributed by atoms with Crippen LogP contribution in [0.5, 0.6) is 5.75 Å². The molecule has 2 aliphatic rings. The Hall–Kier alpha value is -3.11. The fourth-order valence-corrected chi connectivity index (χ4v) is 6.98. The van der Waals surface area contributed by atoms with Crippen molar-refractivity contribution in [3.05, 3.63) is 59.7 Å². The van der Waals surface area contributed by atoms with Crippen molar-refractivity contribution in [3.8, 4) is 5.75 Å². The number of nitrogens with one attached hydrogen (secondary N) is 1. The predicted molar refractivity (Wildman–Crippen MR) is 157 cm³/mol. The number of amides is 2. The maximum atomic E-state index is 13.8. The lowest BCUT2D eigenvalue weighted by molar-refractivity contribution is -0.142. The van der Waals surface area contributed by atoms with Crippen molar-refractivity contribution < 1.29 is 27.5 Å².